The Morgan fingerprint density at radius 1 is 1.50 bits per heavy atom. The van der Waals surface area contributed by atoms with Crippen LogP contribution < -0.4 is 15.8 Å². The maximum Gasteiger partial charge on any atom is 0.239 e. The van der Waals surface area contributed by atoms with Gasteiger partial charge in [-0.15, -0.1) is 0 Å². The number of nitrogens with zero attached hydrogens (tertiary/aromatic N) is 1. The van der Waals surface area contributed by atoms with Gasteiger partial charge < -0.3 is 15.8 Å². The zero-order valence-corrected chi connectivity index (χ0v) is 8.87. The van der Waals surface area contributed by atoms with Crippen molar-refractivity contribution >= 4 is 11.5 Å². The molecule has 1 aromatic heterocycles. The van der Waals surface area contributed by atoms with Gasteiger partial charge in [0.05, 0.1) is 12.3 Å². The van der Waals surface area contributed by atoms with E-state index in [1.54, 1.807) is 6.07 Å². The van der Waals surface area contributed by atoms with Crippen molar-refractivity contribution in [1.29, 1.82) is 0 Å². The molecule has 0 fully saturated rings. The van der Waals surface area contributed by atoms with E-state index in [-0.39, 0.29) is 0 Å². The summed E-state index contributed by atoms with van der Waals surface area (Å²) in [6.45, 7) is 6.59. The highest BCUT2D eigenvalue weighted by Gasteiger charge is 2.03. The summed E-state index contributed by atoms with van der Waals surface area (Å²) in [7, 11) is 0. The van der Waals surface area contributed by atoms with E-state index in [1.807, 2.05) is 13.0 Å². The predicted molar refractivity (Wildman–Crippen MR) is 58.6 cm³/mol. The molecule has 0 aliphatic carbocycles. The lowest BCUT2D eigenvalue weighted by atomic mass is 10.3. The number of anilines is 2. The van der Waals surface area contributed by atoms with Crippen molar-refractivity contribution in [2.75, 3.05) is 17.7 Å². The first-order valence-corrected chi connectivity index (χ1v) is 4.79. The number of aromatic nitrogens is 1. The average Bonchev–Trinajstić information content (AvgIpc) is 2.10. The molecule has 14 heavy (non-hydrogen) atoms. The molecular weight excluding hydrogens is 178 g/mol. The van der Waals surface area contributed by atoms with Crippen molar-refractivity contribution in [3.05, 3.63) is 12.1 Å². The summed E-state index contributed by atoms with van der Waals surface area (Å²) < 4.78 is 5.28. The molecule has 0 radical (unpaired) electrons. The van der Waals surface area contributed by atoms with Gasteiger partial charge in [0.1, 0.15) is 5.82 Å². The van der Waals surface area contributed by atoms with Crippen molar-refractivity contribution in [3.8, 4) is 5.88 Å². The second kappa shape index (κ2) is 4.69. The van der Waals surface area contributed by atoms with Crippen LogP contribution in [-0.2, 0) is 0 Å². The van der Waals surface area contributed by atoms with Crippen LogP contribution in [0.1, 0.15) is 20.8 Å². The summed E-state index contributed by atoms with van der Waals surface area (Å²) >= 11 is 0. The quantitative estimate of drug-likeness (QED) is 0.770. The van der Waals surface area contributed by atoms with Gasteiger partial charge in [-0.05, 0) is 32.9 Å². The first-order chi connectivity index (χ1) is 6.63. The molecular formula is C10H17N3O. The monoisotopic (exact) mass is 195 g/mol. The highest BCUT2D eigenvalue weighted by molar-refractivity contribution is 5.53. The molecule has 4 nitrogen and oxygen atoms in total. The predicted octanol–water partition coefficient (Wildman–Crippen LogP) is 1.88. The number of pyridine rings is 1. The van der Waals surface area contributed by atoms with Gasteiger partial charge in [0.25, 0.3) is 0 Å². The highest BCUT2D eigenvalue weighted by atomic mass is 16.5. The number of hydrogen-bond acceptors (Lipinski definition) is 4. The summed E-state index contributed by atoms with van der Waals surface area (Å²) in [6, 6.07) is 3.99. The summed E-state index contributed by atoms with van der Waals surface area (Å²) in [5.41, 5.74) is 6.26. The van der Waals surface area contributed by atoms with E-state index in [0.29, 0.717) is 24.2 Å². The van der Waals surface area contributed by atoms with Crippen LogP contribution in [0.5, 0.6) is 5.88 Å². The zero-order chi connectivity index (χ0) is 10.6. The van der Waals surface area contributed by atoms with E-state index in [0.717, 1.165) is 5.82 Å². The van der Waals surface area contributed by atoms with E-state index >= 15 is 0 Å². The van der Waals surface area contributed by atoms with Gasteiger partial charge in [0, 0.05) is 6.04 Å². The number of nitrogen functional groups attached to an aromatic ring is 1. The van der Waals surface area contributed by atoms with Crippen LogP contribution in [-0.4, -0.2) is 17.6 Å². The number of rotatable bonds is 4. The van der Waals surface area contributed by atoms with Crippen molar-refractivity contribution < 1.29 is 4.74 Å². The fourth-order valence-corrected chi connectivity index (χ4v) is 1.08. The van der Waals surface area contributed by atoms with Gasteiger partial charge in [-0.3, -0.25) is 0 Å². The Bertz CT molecular complexity index is 299. The molecule has 0 saturated heterocycles. The molecule has 0 aromatic carbocycles. The first-order valence-electron chi connectivity index (χ1n) is 4.79. The second-order valence-corrected chi connectivity index (χ2v) is 3.32. The lowest BCUT2D eigenvalue weighted by molar-refractivity contribution is 0.329. The molecule has 0 amide bonds. The molecule has 3 N–H and O–H groups in total. The molecule has 0 aliphatic rings. The van der Waals surface area contributed by atoms with Crippen molar-refractivity contribution in [2.45, 2.75) is 26.8 Å². The standard InChI is InChI=1S/C10H17N3O/c1-4-14-10-8(11)5-6-9(13-10)12-7(2)3/h5-7H,4,11H2,1-3H3,(H,12,13). The van der Waals surface area contributed by atoms with E-state index in [9.17, 15) is 0 Å². The number of nitrogens with two attached hydrogens (primary N) is 1. The maximum atomic E-state index is 5.69. The Morgan fingerprint density at radius 3 is 2.79 bits per heavy atom. The van der Waals surface area contributed by atoms with Crippen LogP contribution in [0.25, 0.3) is 0 Å². The number of nitrogens with one attached hydrogen (secondary N) is 1. The first kappa shape index (κ1) is 10.6. The minimum atomic E-state index is 0.348. The summed E-state index contributed by atoms with van der Waals surface area (Å²) in [5.74, 6) is 1.29. The molecule has 0 bridgehead atoms. The molecule has 4 heteroatoms. The third kappa shape index (κ3) is 2.80. The summed E-state index contributed by atoms with van der Waals surface area (Å²) in [4.78, 5) is 4.24. The van der Waals surface area contributed by atoms with Gasteiger partial charge in [-0.25, -0.2) is 0 Å². The van der Waals surface area contributed by atoms with Gasteiger partial charge in [-0.1, -0.05) is 0 Å². The third-order valence-corrected chi connectivity index (χ3v) is 1.61. The molecule has 0 saturated carbocycles. The zero-order valence-electron chi connectivity index (χ0n) is 8.87. The van der Waals surface area contributed by atoms with E-state index in [4.69, 9.17) is 10.5 Å². The molecule has 0 unspecified atom stereocenters. The van der Waals surface area contributed by atoms with Gasteiger partial charge in [0.15, 0.2) is 0 Å². The van der Waals surface area contributed by atoms with E-state index < -0.39 is 0 Å². The third-order valence-electron chi connectivity index (χ3n) is 1.61. The molecule has 0 aliphatic heterocycles. The molecule has 1 rings (SSSR count). The highest BCUT2D eigenvalue weighted by Crippen LogP contribution is 2.20. The second-order valence-electron chi connectivity index (χ2n) is 3.32. The smallest absolute Gasteiger partial charge is 0.239 e. The van der Waals surface area contributed by atoms with Crippen LogP contribution in [0.3, 0.4) is 0 Å². The molecule has 1 aromatic rings. The minimum Gasteiger partial charge on any atom is -0.476 e. The van der Waals surface area contributed by atoms with Gasteiger partial charge in [0.2, 0.25) is 5.88 Å². The Hall–Kier alpha value is -1.45. The number of ether oxygens (including phenoxy) is 1. The molecule has 1 heterocycles. The van der Waals surface area contributed by atoms with Crippen molar-refractivity contribution in [3.63, 3.8) is 0 Å². The molecule has 0 spiro atoms. The summed E-state index contributed by atoms with van der Waals surface area (Å²) in [5, 5.41) is 3.18. The van der Waals surface area contributed by atoms with Crippen LogP contribution >= 0.6 is 0 Å². The van der Waals surface area contributed by atoms with E-state index in [2.05, 4.69) is 24.1 Å². The molecule has 0 atom stereocenters. The summed E-state index contributed by atoms with van der Waals surface area (Å²) in [6.07, 6.45) is 0. The van der Waals surface area contributed by atoms with Crippen LogP contribution in [0.4, 0.5) is 11.5 Å². The largest absolute Gasteiger partial charge is 0.476 e. The normalized spacial score (nSPS) is 10.3. The lowest BCUT2D eigenvalue weighted by Gasteiger charge is -2.11. The Morgan fingerprint density at radius 2 is 2.21 bits per heavy atom. The minimum absolute atomic E-state index is 0.348. The topological polar surface area (TPSA) is 60.2 Å². The average molecular weight is 195 g/mol. The fraction of sp³-hybridized carbons (Fsp3) is 0.500. The van der Waals surface area contributed by atoms with E-state index in [1.165, 1.54) is 0 Å². The van der Waals surface area contributed by atoms with Crippen LogP contribution in [0, 0.1) is 0 Å². The Labute approximate surface area is 84.5 Å². The maximum absolute atomic E-state index is 5.69. The Balaban J connectivity index is 2.83. The molecule has 78 valence electrons. The van der Waals surface area contributed by atoms with Crippen LogP contribution in [0.2, 0.25) is 0 Å². The van der Waals surface area contributed by atoms with Gasteiger partial charge in [-0.2, -0.15) is 4.98 Å². The fourth-order valence-electron chi connectivity index (χ4n) is 1.08. The number of hydrogen-bond donors (Lipinski definition) is 2. The lowest BCUT2D eigenvalue weighted by Crippen LogP contribution is -2.11. The van der Waals surface area contributed by atoms with Crippen molar-refractivity contribution in [1.82, 2.24) is 4.98 Å². The van der Waals surface area contributed by atoms with Gasteiger partial charge >= 0.3 is 0 Å². The van der Waals surface area contributed by atoms with Crippen LogP contribution in [0.15, 0.2) is 12.1 Å². The SMILES string of the molecule is CCOc1nc(NC(C)C)ccc1N. The Kier molecular flexibility index (Phi) is 3.56. The van der Waals surface area contributed by atoms with Crippen molar-refractivity contribution in [2.24, 2.45) is 0 Å².